The molecule has 0 radical (unpaired) electrons. The van der Waals surface area contributed by atoms with E-state index in [1.54, 1.807) is 23.3 Å². The summed E-state index contributed by atoms with van der Waals surface area (Å²) in [5.41, 5.74) is 0.805. The quantitative estimate of drug-likeness (QED) is 0.830. The van der Waals surface area contributed by atoms with E-state index in [2.05, 4.69) is 4.98 Å². The highest BCUT2D eigenvalue weighted by Crippen LogP contribution is 2.09. The van der Waals surface area contributed by atoms with E-state index in [1.165, 1.54) is 0 Å². The third-order valence-electron chi connectivity index (χ3n) is 2.32. The molecular formula is C10H16N2O2S. The molecule has 0 aromatic carbocycles. The molecule has 0 aliphatic rings. The minimum absolute atomic E-state index is 0.0122. The number of carbonyl (C=O) groups is 1. The maximum absolute atomic E-state index is 11.7. The monoisotopic (exact) mass is 228 g/mol. The van der Waals surface area contributed by atoms with Gasteiger partial charge in [0.2, 0.25) is 5.91 Å². The van der Waals surface area contributed by atoms with E-state index in [-0.39, 0.29) is 18.6 Å². The maximum Gasteiger partial charge on any atom is 0.228 e. The SMILES string of the molecule is Cc1nc(CC(=O)N(C)C(C)CO)cs1. The van der Waals surface area contributed by atoms with Gasteiger partial charge in [0, 0.05) is 12.4 Å². The van der Waals surface area contributed by atoms with Crippen LogP contribution in [0.1, 0.15) is 17.6 Å². The number of rotatable bonds is 4. The van der Waals surface area contributed by atoms with Gasteiger partial charge >= 0.3 is 0 Å². The van der Waals surface area contributed by atoms with Gasteiger partial charge in [-0.05, 0) is 13.8 Å². The van der Waals surface area contributed by atoms with Gasteiger partial charge in [-0.15, -0.1) is 11.3 Å². The maximum atomic E-state index is 11.7. The first kappa shape index (κ1) is 12.1. The van der Waals surface area contributed by atoms with E-state index < -0.39 is 0 Å². The van der Waals surface area contributed by atoms with Crippen molar-refractivity contribution < 1.29 is 9.90 Å². The third-order valence-corrected chi connectivity index (χ3v) is 3.14. The number of aliphatic hydroxyl groups excluding tert-OH is 1. The molecule has 1 N–H and O–H groups in total. The van der Waals surface area contributed by atoms with Crippen LogP contribution in [0.4, 0.5) is 0 Å². The number of likely N-dealkylation sites (N-methyl/N-ethyl adjacent to an activating group) is 1. The molecule has 84 valence electrons. The van der Waals surface area contributed by atoms with E-state index in [0.717, 1.165) is 10.7 Å². The van der Waals surface area contributed by atoms with Crippen molar-refractivity contribution in [2.24, 2.45) is 0 Å². The van der Waals surface area contributed by atoms with Gasteiger partial charge in [0.15, 0.2) is 0 Å². The molecule has 0 saturated heterocycles. The van der Waals surface area contributed by atoms with E-state index in [4.69, 9.17) is 5.11 Å². The molecule has 1 atom stereocenters. The molecule has 0 saturated carbocycles. The molecule has 1 heterocycles. The molecule has 0 aliphatic carbocycles. The van der Waals surface area contributed by atoms with Crippen molar-refractivity contribution in [3.63, 3.8) is 0 Å². The zero-order chi connectivity index (χ0) is 11.4. The summed E-state index contributed by atoms with van der Waals surface area (Å²) < 4.78 is 0. The Bertz CT molecular complexity index is 338. The number of thiazole rings is 1. The van der Waals surface area contributed by atoms with Crippen LogP contribution in [0.5, 0.6) is 0 Å². The van der Waals surface area contributed by atoms with Gasteiger partial charge < -0.3 is 10.0 Å². The molecule has 1 amide bonds. The first-order valence-corrected chi connectivity index (χ1v) is 5.70. The molecule has 1 rings (SSSR count). The first-order valence-electron chi connectivity index (χ1n) is 4.82. The molecule has 4 nitrogen and oxygen atoms in total. The summed E-state index contributed by atoms with van der Waals surface area (Å²) in [6.07, 6.45) is 0.311. The summed E-state index contributed by atoms with van der Waals surface area (Å²) in [4.78, 5) is 17.5. The van der Waals surface area contributed by atoms with Gasteiger partial charge in [0.25, 0.3) is 0 Å². The number of carbonyl (C=O) groups excluding carboxylic acids is 1. The Morgan fingerprint density at radius 3 is 2.87 bits per heavy atom. The van der Waals surface area contributed by atoms with Crippen LogP contribution in [0.25, 0.3) is 0 Å². The van der Waals surface area contributed by atoms with E-state index >= 15 is 0 Å². The normalized spacial score (nSPS) is 12.5. The third kappa shape index (κ3) is 3.28. The minimum Gasteiger partial charge on any atom is -0.394 e. The van der Waals surface area contributed by atoms with Crippen molar-refractivity contribution in [2.75, 3.05) is 13.7 Å². The van der Waals surface area contributed by atoms with Gasteiger partial charge in [0.1, 0.15) is 0 Å². The lowest BCUT2D eigenvalue weighted by Gasteiger charge is -2.22. The standard InChI is InChI=1S/C10H16N2O2S/c1-7(5-13)12(3)10(14)4-9-6-15-8(2)11-9/h6-7,13H,4-5H2,1-3H3. The molecule has 0 bridgehead atoms. The predicted molar refractivity (Wildman–Crippen MR) is 59.9 cm³/mol. The molecule has 1 aromatic heterocycles. The fourth-order valence-corrected chi connectivity index (χ4v) is 1.75. The Hall–Kier alpha value is -0.940. The van der Waals surface area contributed by atoms with Gasteiger partial charge in [0.05, 0.1) is 29.8 Å². The lowest BCUT2D eigenvalue weighted by molar-refractivity contribution is -0.131. The van der Waals surface area contributed by atoms with Crippen LogP contribution in [0.15, 0.2) is 5.38 Å². The van der Waals surface area contributed by atoms with Gasteiger partial charge in [-0.1, -0.05) is 0 Å². The Balaban J connectivity index is 2.55. The van der Waals surface area contributed by atoms with Gasteiger partial charge in [-0.2, -0.15) is 0 Å². The summed E-state index contributed by atoms with van der Waals surface area (Å²) in [6.45, 7) is 3.71. The topological polar surface area (TPSA) is 53.4 Å². The molecule has 15 heavy (non-hydrogen) atoms. The van der Waals surface area contributed by atoms with Crippen LogP contribution < -0.4 is 0 Å². The Morgan fingerprint density at radius 1 is 1.73 bits per heavy atom. The summed E-state index contributed by atoms with van der Waals surface area (Å²) in [5, 5.41) is 11.8. The number of amides is 1. The molecular weight excluding hydrogens is 212 g/mol. The summed E-state index contributed by atoms with van der Waals surface area (Å²) in [5.74, 6) is -0.0122. The van der Waals surface area contributed by atoms with E-state index in [9.17, 15) is 4.79 Å². The molecule has 5 heteroatoms. The smallest absolute Gasteiger partial charge is 0.228 e. The summed E-state index contributed by atoms with van der Waals surface area (Å²) >= 11 is 1.54. The summed E-state index contributed by atoms with van der Waals surface area (Å²) in [6, 6.07) is -0.141. The average Bonchev–Trinajstić information content (AvgIpc) is 2.61. The second-order valence-corrected chi connectivity index (χ2v) is 4.63. The number of hydrogen-bond donors (Lipinski definition) is 1. The number of nitrogens with zero attached hydrogens (tertiary/aromatic N) is 2. The van der Waals surface area contributed by atoms with Crippen molar-refractivity contribution in [2.45, 2.75) is 26.3 Å². The van der Waals surface area contributed by atoms with Crippen LogP contribution in [0.3, 0.4) is 0 Å². The molecule has 1 aromatic rings. The van der Waals surface area contributed by atoms with E-state index in [0.29, 0.717) is 6.42 Å². The van der Waals surface area contributed by atoms with Crippen LogP contribution in [-0.2, 0) is 11.2 Å². The van der Waals surface area contributed by atoms with Crippen LogP contribution >= 0.6 is 11.3 Å². The zero-order valence-electron chi connectivity index (χ0n) is 9.23. The molecule has 0 aliphatic heterocycles. The fourth-order valence-electron chi connectivity index (χ4n) is 1.14. The zero-order valence-corrected chi connectivity index (χ0v) is 10.0. The number of aliphatic hydroxyl groups is 1. The second kappa shape index (κ2) is 5.23. The number of hydrogen-bond acceptors (Lipinski definition) is 4. The fraction of sp³-hybridized carbons (Fsp3) is 0.600. The Labute approximate surface area is 93.6 Å². The Morgan fingerprint density at radius 2 is 2.40 bits per heavy atom. The van der Waals surface area contributed by atoms with Gasteiger partial charge in [-0.25, -0.2) is 4.98 Å². The van der Waals surface area contributed by atoms with Crippen LogP contribution in [-0.4, -0.2) is 40.6 Å². The van der Waals surface area contributed by atoms with Crippen molar-refractivity contribution >= 4 is 17.2 Å². The van der Waals surface area contributed by atoms with Crippen molar-refractivity contribution in [3.05, 3.63) is 16.1 Å². The lowest BCUT2D eigenvalue weighted by atomic mass is 10.2. The second-order valence-electron chi connectivity index (χ2n) is 3.57. The molecule has 0 spiro atoms. The number of aryl methyl sites for hydroxylation is 1. The lowest BCUT2D eigenvalue weighted by Crippen LogP contribution is -2.38. The molecule has 0 fully saturated rings. The van der Waals surface area contributed by atoms with Crippen molar-refractivity contribution in [3.8, 4) is 0 Å². The first-order chi connectivity index (χ1) is 7.04. The predicted octanol–water partition coefficient (Wildman–Crippen LogP) is 0.833. The van der Waals surface area contributed by atoms with Gasteiger partial charge in [-0.3, -0.25) is 4.79 Å². The minimum atomic E-state index is -0.141. The largest absolute Gasteiger partial charge is 0.394 e. The highest BCUT2D eigenvalue weighted by molar-refractivity contribution is 7.09. The summed E-state index contributed by atoms with van der Waals surface area (Å²) in [7, 11) is 1.70. The Kier molecular flexibility index (Phi) is 4.23. The molecule has 1 unspecified atom stereocenters. The van der Waals surface area contributed by atoms with E-state index in [1.807, 2.05) is 19.2 Å². The number of aromatic nitrogens is 1. The van der Waals surface area contributed by atoms with Crippen LogP contribution in [0, 0.1) is 6.92 Å². The average molecular weight is 228 g/mol. The van der Waals surface area contributed by atoms with Crippen molar-refractivity contribution in [1.82, 2.24) is 9.88 Å². The highest BCUT2D eigenvalue weighted by Gasteiger charge is 2.16. The van der Waals surface area contributed by atoms with Crippen molar-refractivity contribution in [1.29, 1.82) is 0 Å². The highest BCUT2D eigenvalue weighted by atomic mass is 32.1. The van der Waals surface area contributed by atoms with Crippen LogP contribution in [0.2, 0.25) is 0 Å².